The molecule has 0 atom stereocenters. The van der Waals surface area contributed by atoms with Crippen molar-refractivity contribution in [2.24, 2.45) is 5.92 Å². The van der Waals surface area contributed by atoms with Crippen LogP contribution in [0.25, 0.3) is 6.08 Å². The summed E-state index contributed by atoms with van der Waals surface area (Å²) in [5, 5.41) is 12.0. The van der Waals surface area contributed by atoms with Crippen molar-refractivity contribution in [3.05, 3.63) is 40.9 Å². The number of rotatable bonds is 7. The first kappa shape index (κ1) is 19.1. The van der Waals surface area contributed by atoms with Gasteiger partial charge in [-0.25, -0.2) is 8.42 Å². The van der Waals surface area contributed by atoms with E-state index in [1.165, 1.54) is 17.4 Å². The van der Waals surface area contributed by atoms with E-state index in [1.54, 1.807) is 30.3 Å². The molecule has 1 amide bonds. The van der Waals surface area contributed by atoms with E-state index in [4.69, 9.17) is 0 Å². The van der Waals surface area contributed by atoms with E-state index in [9.17, 15) is 13.2 Å². The lowest BCUT2D eigenvalue weighted by atomic mass is 10.1. The van der Waals surface area contributed by atoms with Crippen molar-refractivity contribution in [1.82, 2.24) is 10.2 Å². The van der Waals surface area contributed by atoms with Crippen LogP contribution in [0.5, 0.6) is 0 Å². The van der Waals surface area contributed by atoms with Crippen LogP contribution in [0.4, 0.5) is 10.8 Å². The summed E-state index contributed by atoms with van der Waals surface area (Å²) in [7, 11) is -3.30. The summed E-state index contributed by atoms with van der Waals surface area (Å²) in [5.41, 5.74) is 1.24. The van der Waals surface area contributed by atoms with Crippen LogP contribution in [0.2, 0.25) is 0 Å². The predicted molar refractivity (Wildman–Crippen MR) is 101 cm³/mol. The molecule has 1 aromatic heterocycles. The second kappa shape index (κ2) is 8.21. The molecular formula is C16H20N4O3S2. The van der Waals surface area contributed by atoms with Gasteiger partial charge in [0.15, 0.2) is 0 Å². The molecule has 0 saturated heterocycles. The molecule has 1 heterocycles. The van der Waals surface area contributed by atoms with Crippen LogP contribution in [0.1, 0.15) is 24.4 Å². The summed E-state index contributed by atoms with van der Waals surface area (Å²) in [6.45, 7) is 4.19. The number of carbonyl (C=O) groups excluding carboxylic acids is 1. The minimum absolute atomic E-state index is 0.300. The monoisotopic (exact) mass is 380 g/mol. The van der Waals surface area contributed by atoms with Gasteiger partial charge >= 0.3 is 0 Å². The zero-order valence-corrected chi connectivity index (χ0v) is 15.8. The molecule has 0 bridgehead atoms. The Kier molecular flexibility index (Phi) is 6.27. The second-order valence-corrected chi connectivity index (χ2v) is 8.73. The largest absolute Gasteiger partial charge is 0.297 e. The van der Waals surface area contributed by atoms with E-state index in [1.807, 2.05) is 0 Å². The summed E-state index contributed by atoms with van der Waals surface area (Å²) < 4.78 is 24.7. The smallest absolute Gasteiger partial charge is 0.250 e. The van der Waals surface area contributed by atoms with Gasteiger partial charge in [0, 0.05) is 18.2 Å². The van der Waals surface area contributed by atoms with Crippen LogP contribution in [0.15, 0.2) is 30.3 Å². The first-order valence-corrected chi connectivity index (χ1v) is 10.3. The zero-order valence-electron chi connectivity index (χ0n) is 14.2. The Morgan fingerprint density at radius 3 is 2.52 bits per heavy atom. The molecular weight excluding hydrogens is 360 g/mol. The fourth-order valence-electron chi connectivity index (χ4n) is 1.93. The number of nitrogens with zero attached hydrogens (tertiary/aromatic N) is 2. The van der Waals surface area contributed by atoms with Gasteiger partial charge in [-0.1, -0.05) is 37.3 Å². The third-order valence-corrected chi connectivity index (χ3v) is 4.39. The highest BCUT2D eigenvalue weighted by atomic mass is 32.2. The molecule has 0 aliphatic carbocycles. The van der Waals surface area contributed by atoms with E-state index in [2.05, 4.69) is 34.1 Å². The van der Waals surface area contributed by atoms with Crippen molar-refractivity contribution in [3.63, 3.8) is 0 Å². The van der Waals surface area contributed by atoms with Crippen LogP contribution in [-0.4, -0.2) is 30.8 Å². The van der Waals surface area contributed by atoms with Gasteiger partial charge in [0.25, 0.3) is 0 Å². The van der Waals surface area contributed by atoms with Gasteiger partial charge in [-0.3, -0.25) is 14.8 Å². The molecule has 134 valence electrons. The van der Waals surface area contributed by atoms with Gasteiger partial charge in [0.2, 0.25) is 21.1 Å². The van der Waals surface area contributed by atoms with Crippen molar-refractivity contribution in [2.75, 3.05) is 16.3 Å². The molecule has 0 fully saturated rings. The Morgan fingerprint density at radius 2 is 1.92 bits per heavy atom. The van der Waals surface area contributed by atoms with Crippen LogP contribution < -0.4 is 10.0 Å². The SMILES string of the molecule is CC(C)Cc1nnc(NC(=O)/C=C/c2ccc(NS(C)(=O)=O)cc2)s1. The Balaban J connectivity index is 1.92. The van der Waals surface area contributed by atoms with Crippen LogP contribution in [0, 0.1) is 5.92 Å². The number of amides is 1. The average Bonchev–Trinajstić information content (AvgIpc) is 2.91. The number of aromatic nitrogens is 2. The fourth-order valence-corrected chi connectivity index (χ4v) is 3.45. The number of benzene rings is 1. The molecule has 1 aromatic carbocycles. The molecule has 0 radical (unpaired) electrons. The van der Waals surface area contributed by atoms with E-state index >= 15 is 0 Å². The zero-order chi connectivity index (χ0) is 18.4. The predicted octanol–water partition coefficient (Wildman–Crippen LogP) is 2.76. The van der Waals surface area contributed by atoms with E-state index in [0.717, 1.165) is 23.2 Å². The number of hydrogen-bond acceptors (Lipinski definition) is 6. The Hall–Kier alpha value is -2.26. The van der Waals surface area contributed by atoms with Gasteiger partial charge in [-0.2, -0.15) is 0 Å². The maximum Gasteiger partial charge on any atom is 0.250 e. The van der Waals surface area contributed by atoms with Gasteiger partial charge in [0.05, 0.1) is 6.26 Å². The molecule has 0 aliphatic heterocycles. The Morgan fingerprint density at radius 1 is 1.24 bits per heavy atom. The average molecular weight is 380 g/mol. The van der Waals surface area contributed by atoms with Crippen molar-refractivity contribution in [2.45, 2.75) is 20.3 Å². The summed E-state index contributed by atoms with van der Waals surface area (Å²) in [6.07, 6.45) is 4.95. The third-order valence-electron chi connectivity index (χ3n) is 2.92. The van der Waals surface area contributed by atoms with E-state index in [-0.39, 0.29) is 5.91 Å². The molecule has 2 N–H and O–H groups in total. The van der Waals surface area contributed by atoms with Crippen molar-refractivity contribution < 1.29 is 13.2 Å². The first-order chi connectivity index (χ1) is 11.7. The molecule has 0 saturated carbocycles. The number of sulfonamides is 1. The van der Waals surface area contributed by atoms with Crippen LogP contribution in [0.3, 0.4) is 0 Å². The lowest BCUT2D eigenvalue weighted by molar-refractivity contribution is -0.111. The Bertz CT molecular complexity index is 856. The molecule has 0 spiro atoms. The Labute approximate surface area is 151 Å². The maximum atomic E-state index is 11.9. The highest BCUT2D eigenvalue weighted by molar-refractivity contribution is 7.92. The molecule has 25 heavy (non-hydrogen) atoms. The van der Waals surface area contributed by atoms with Crippen molar-refractivity contribution >= 4 is 44.2 Å². The fraction of sp³-hybridized carbons (Fsp3) is 0.312. The van der Waals surface area contributed by atoms with Gasteiger partial charge in [0.1, 0.15) is 5.01 Å². The van der Waals surface area contributed by atoms with Crippen molar-refractivity contribution in [3.8, 4) is 0 Å². The molecule has 7 nitrogen and oxygen atoms in total. The molecule has 0 aliphatic rings. The van der Waals surface area contributed by atoms with Gasteiger partial charge < -0.3 is 0 Å². The summed E-state index contributed by atoms with van der Waals surface area (Å²) >= 11 is 1.37. The second-order valence-electron chi connectivity index (χ2n) is 5.92. The van der Waals surface area contributed by atoms with E-state index in [0.29, 0.717) is 16.7 Å². The highest BCUT2D eigenvalue weighted by Crippen LogP contribution is 2.18. The number of carbonyl (C=O) groups is 1. The van der Waals surface area contributed by atoms with Crippen LogP contribution in [-0.2, 0) is 21.2 Å². The third kappa shape index (κ3) is 7.02. The molecule has 0 unspecified atom stereocenters. The number of nitrogens with one attached hydrogen (secondary N) is 2. The lowest BCUT2D eigenvalue weighted by Gasteiger charge is -2.03. The lowest BCUT2D eigenvalue weighted by Crippen LogP contribution is -2.09. The maximum absolute atomic E-state index is 11.9. The number of hydrogen-bond donors (Lipinski definition) is 2. The normalized spacial score (nSPS) is 11.8. The molecule has 9 heteroatoms. The minimum atomic E-state index is -3.30. The van der Waals surface area contributed by atoms with Gasteiger partial charge in [-0.15, -0.1) is 10.2 Å². The van der Waals surface area contributed by atoms with Crippen molar-refractivity contribution in [1.29, 1.82) is 0 Å². The highest BCUT2D eigenvalue weighted by Gasteiger charge is 2.07. The summed E-state index contributed by atoms with van der Waals surface area (Å²) in [6, 6.07) is 6.68. The quantitative estimate of drug-likeness (QED) is 0.719. The van der Waals surface area contributed by atoms with Gasteiger partial charge in [-0.05, 0) is 29.7 Å². The number of anilines is 2. The minimum Gasteiger partial charge on any atom is -0.297 e. The molecule has 2 aromatic rings. The molecule has 2 rings (SSSR count). The standard InChI is InChI=1S/C16H20N4O3S2/c1-11(2)10-15-18-19-16(24-15)17-14(21)9-6-12-4-7-13(8-5-12)20-25(3,22)23/h4-9,11,20H,10H2,1-3H3,(H,17,19,21)/b9-6+. The topological polar surface area (TPSA) is 101 Å². The first-order valence-electron chi connectivity index (χ1n) is 7.60. The van der Waals surface area contributed by atoms with E-state index < -0.39 is 10.0 Å². The van der Waals surface area contributed by atoms with Crippen LogP contribution >= 0.6 is 11.3 Å². The summed E-state index contributed by atoms with van der Waals surface area (Å²) in [5.74, 6) is 0.183. The summed E-state index contributed by atoms with van der Waals surface area (Å²) in [4.78, 5) is 11.9.